The molecule has 40 heavy (non-hydrogen) atoms. The van der Waals surface area contributed by atoms with E-state index >= 15 is 0 Å². The van der Waals surface area contributed by atoms with Crippen LogP contribution < -0.4 is 5.01 Å². The van der Waals surface area contributed by atoms with Crippen LogP contribution >= 0.6 is 0 Å². The van der Waals surface area contributed by atoms with Crippen LogP contribution in [0.5, 0.6) is 0 Å². The zero-order valence-electron chi connectivity index (χ0n) is 21.6. The summed E-state index contributed by atoms with van der Waals surface area (Å²) in [4.78, 5) is 11.2. The predicted molar refractivity (Wildman–Crippen MR) is 161 cm³/mol. The van der Waals surface area contributed by atoms with Gasteiger partial charge < -0.3 is 0 Å². The van der Waals surface area contributed by atoms with Gasteiger partial charge in [-0.25, -0.2) is 0 Å². The van der Waals surface area contributed by atoms with Crippen molar-refractivity contribution in [3.63, 3.8) is 0 Å². The van der Waals surface area contributed by atoms with Crippen molar-refractivity contribution in [2.75, 3.05) is 5.01 Å². The van der Waals surface area contributed by atoms with E-state index < -0.39 is 0 Å². The normalized spacial score (nSPS) is 16.5. The smallest absolute Gasteiger partial charge is 0.258 e. The number of nitrogens with zero attached hydrogens (tertiary/aromatic N) is 3. The van der Waals surface area contributed by atoms with Crippen molar-refractivity contribution in [3.05, 3.63) is 165 Å². The van der Waals surface area contributed by atoms with Crippen LogP contribution in [-0.2, 0) is 0 Å². The SMILES string of the molecule is O=[N+]([O-])c1ccc2c(c1)/C(=C\c1ccc(N3N=C(c4ccccc4)C[C@@H]3c3ccccc3)cc1)c1ccccc1-2. The molecule has 5 aromatic carbocycles. The summed E-state index contributed by atoms with van der Waals surface area (Å²) >= 11 is 0. The van der Waals surface area contributed by atoms with Gasteiger partial charge in [0.05, 0.1) is 22.4 Å². The average Bonchev–Trinajstić information content (AvgIpc) is 3.59. The molecule has 5 aromatic rings. The van der Waals surface area contributed by atoms with Crippen molar-refractivity contribution < 1.29 is 4.92 Å². The van der Waals surface area contributed by atoms with Crippen molar-refractivity contribution in [3.8, 4) is 11.1 Å². The van der Waals surface area contributed by atoms with Crippen molar-refractivity contribution in [1.82, 2.24) is 0 Å². The first kappa shape index (κ1) is 23.8. The molecule has 7 rings (SSSR count). The molecule has 0 bridgehead atoms. The molecule has 0 amide bonds. The minimum absolute atomic E-state index is 0.0980. The Hall–Kier alpha value is -5.29. The molecule has 1 heterocycles. The van der Waals surface area contributed by atoms with Gasteiger partial charge >= 0.3 is 0 Å². The van der Waals surface area contributed by atoms with Gasteiger partial charge in [-0.15, -0.1) is 0 Å². The van der Waals surface area contributed by atoms with Crippen LogP contribution in [0.1, 0.15) is 40.3 Å². The van der Waals surface area contributed by atoms with E-state index in [0.717, 1.165) is 56.8 Å². The fourth-order valence-corrected chi connectivity index (χ4v) is 5.74. The van der Waals surface area contributed by atoms with Gasteiger partial charge in [-0.2, -0.15) is 5.10 Å². The maximum absolute atomic E-state index is 11.5. The molecule has 192 valence electrons. The van der Waals surface area contributed by atoms with Crippen molar-refractivity contribution >= 4 is 28.7 Å². The first-order valence-electron chi connectivity index (χ1n) is 13.3. The van der Waals surface area contributed by atoms with Gasteiger partial charge in [-0.1, -0.05) is 97.1 Å². The molecule has 0 saturated carbocycles. The second kappa shape index (κ2) is 9.79. The monoisotopic (exact) mass is 519 g/mol. The van der Waals surface area contributed by atoms with Crippen LogP contribution in [-0.4, -0.2) is 10.6 Å². The van der Waals surface area contributed by atoms with E-state index in [0.29, 0.717) is 0 Å². The Morgan fingerprint density at radius 1 is 0.725 bits per heavy atom. The molecule has 0 unspecified atom stereocenters. The first-order valence-corrected chi connectivity index (χ1v) is 13.3. The molecule has 2 aliphatic rings. The zero-order valence-corrected chi connectivity index (χ0v) is 21.6. The van der Waals surface area contributed by atoms with E-state index in [1.165, 1.54) is 5.56 Å². The molecular formula is C35H25N3O2. The van der Waals surface area contributed by atoms with E-state index in [1.54, 1.807) is 12.1 Å². The molecule has 1 aliphatic carbocycles. The zero-order chi connectivity index (χ0) is 27.1. The van der Waals surface area contributed by atoms with Crippen molar-refractivity contribution in [1.29, 1.82) is 0 Å². The van der Waals surface area contributed by atoms with Crippen molar-refractivity contribution in [2.24, 2.45) is 5.10 Å². The highest BCUT2D eigenvalue weighted by Gasteiger charge is 2.30. The average molecular weight is 520 g/mol. The standard InChI is InChI=1S/C35H25N3O2/c39-38(40)28-19-20-31-29-13-7-8-14-30(29)32(33(31)22-28)21-24-15-17-27(18-16-24)37-35(26-11-5-2-6-12-26)23-34(36-37)25-9-3-1-4-10-25/h1-22,35H,23H2/b32-21-/t35-/m1/s1. The van der Waals surface area contributed by atoms with Gasteiger partial charge in [-0.3, -0.25) is 15.1 Å². The lowest BCUT2D eigenvalue weighted by Gasteiger charge is -2.24. The number of hydrogen-bond donors (Lipinski definition) is 0. The molecule has 0 radical (unpaired) electrons. The molecule has 0 aromatic heterocycles. The van der Waals surface area contributed by atoms with Crippen LogP contribution in [0.15, 0.2) is 132 Å². The number of nitro groups is 1. The van der Waals surface area contributed by atoms with Gasteiger partial charge in [0.2, 0.25) is 0 Å². The van der Waals surface area contributed by atoms with Crippen LogP contribution in [0.4, 0.5) is 11.4 Å². The highest BCUT2D eigenvalue weighted by molar-refractivity contribution is 6.07. The van der Waals surface area contributed by atoms with Gasteiger partial charge in [0.15, 0.2) is 0 Å². The Bertz CT molecular complexity index is 1790. The predicted octanol–water partition coefficient (Wildman–Crippen LogP) is 8.52. The minimum atomic E-state index is -0.334. The first-order chi connectivity index (χ1) is 19.7. The van der Waals surface area contributed by atoms with Crippen molar-refractivity contribution in [2.45, 2.75) is 12.5 Å². The summed E-state index contributed by atoms with van der Waals surface area (Å²) in [6, 6.07) is 42.7. The van der Waals surface area contributed by atoms with Gasteiger partial charge in [0.25, 0.3) is 5.69 Å². The molecule has 0 saturated heterocycles. The Morgan fingerprint density at radius 3 is 2.10 bits per heavy atom. The number of hydrazone groups is 1. The summed E-state index contributed by atoms with van der Waals surface area (Å²) < 4.78 is 0. The lowest BCUT2D eigenvalue weighted by molar-refractivity contribution is -0.384. The maximum Gasteiger partial charge on any atom is 0.270 e. The van der Waals surface area contributed by atoms with Crippen LogP contribution in [0.25, 0.3) is 22.8 Å². The third-order valence-corrected chi connectivity index (χ3v) is 7.68. The van der Waals surface area contributed by atoms with E-state index in [9.17, 15) is 10.1 Å². The van der Waals surface area contributed by atoms with E-state index in [2.05, 4.69) is 83.9 Å². The Morgan fingerprint density at radius 2 is 1.38 bits per heavy atom. The Labute approximate surface area is 232 Å². The second-order valence-corrected chi connectivity index (χ2v) is 10.1. The van der Waals surface area contributed by atoms with Gasteiger partial charge in [0.1, 0.15) is 0 Å². The van der Waals surface area contributed by atoms with E-state index in [4.69, 9.17) is 5.10 Å². The largest absolute Gasteiger partial charge is 0.270 e. The fourth-order valence-electron chi connectivity index (χ4n) is 5.74. The van der Waals surface area contributed by atoms with Crippen LogP contribution in [0.3, 0.4) is 0 Å². The highest BCUT2D eigenvalue weighted by Crippen LogP contribution is 2.46. The number of anilines is 1. The number of benzene rings is 5. The number of fused-ring (bicyclic) bond motifs is 3. The Kier molecular flexibility index (Phi) is 5.82. The molecule has 5 nitrogen and oxygen atoms in total. The summed E-state index contributed by atoms with van der Waals surface area (Å²) in [7, 11) is 0. The summed E-state index contributed by atoms with van der Waals surface area (Å²) in [5.41, 5.74) is 10.7. The minimum Gasteiger partial charge on any atom is -0.258 e. The maximum atomic E-state index is 11.5. The van der Waals surface area contributed by atoms with E-state index in [1.807, 2.05) is 42.5 Å². The third-order valence-electron chi connectivity index (χ3n) is 7.68. The summed E-state index contributed by atoms with van der Waals surface area (Å²) in [6.45, 7) is 0. The summed E-state index contributed by atoms with van der Waals surface area (Å²) in [5, 5.41) is 18.7. The molecule has 0 spiro atoms. The molecule has 0 N–H and O–H groups in total. The number of hydrogen-bond acceptors (Lipinski definition) is 4. The number of nitro benzene ring substituents is 1. The number of non-ortho nitro benzene ring substituents is 1. The van der Waals surface area contributed by atoms with Crippen LogP contribution in [0, 0.1) is 10.1 Å². The lowest BCUT2D eigenvalue weighted by atomic mass is 9.98. The van der Waals surface area contributed by atoms with E-state index in [-0.39, 0.29) is 16.7 Å². The Balaban J connectivity index is 1.26. The number of rotatable bonds is 5. The third kappa shape index (κ3) is 4.18. The molecule has 1 atom stereocenters. The summed E-state index contributed by atoms with van der Waals surface area (Å²) in [5.74, 6) is 0. The van der Waals surface area contributed by atoms with Gasteiger partial charge in [0, 0.05) is 18.6 Å². The molecular weight excluding hydrogens is 494 g/mol. The molecule has 0 fully saturated rings. The lowest BCUT2D eigenvalue weighted by Crippen LogP contribution is -2.18. The summed E-state index contributed by atoms with van der Waals surface area (Å²) in [6.07, 6.45) is 2.95. The molecule has 5 heteroatoms. The second-order valence-electron chi connectivity index (χ2n) is 10.1. The van der Waals surface area contributed by atoms with Crippen LogP contribution in [0.2, 0.25) is 0 Å². The highest BCUT2D eigenvalue weighted by atomic mass is 16.6. The van der Waals surface area contributed by atoms with Gasteiger partial charge in [-0.05, 0) is 68.8 Å². The quantitative estimate of drug-likeness (QED) is 0.169. The topological polar surface area (TPSA) is 58.7 Å². The molecule has 1 aliphatic heterocycles. The fraction of sp³-hybridized carbons (Fsp3) is 0.0571.